The monoisotopic (exact) mass is 327 g/mol. The van der Waals surface area contributed by atoms with Crippen molar-refractivity contribution in [2.45, 2.75) is 53.4 Å². The summed E-state index contributed by atoms with van der Waals surface area (Å²) in [6.45, 7) is 11.7. The molecule has 130 valence electrons. The van der Waals surface area contributed by atoms with Gasteiger partial charge in [-0.2, -0.15) is 0 Å². The van der Waals surface area contributed by atoms with Gasteiger partial charge in [-0.15, -0.1) is 0 Å². The highest BCUT2D eigenvalue weighted by Gasteiger charge is 2.09. The molecule has 2 aromatic carbocycles. The topological polar surface area (TPSA) is 41.5 Å². The molecule has 24 heavy (non-hydrogen) atoms. The van der Waals surface area contributed by atoms with Crippen molar-refractivity contribution in [2.24, 2.45) is 0 Å². The highest BCUT2D eigenvalue weighted by molar-refractivity contribution is 5.37. The summed E-state index contributed by atoms with van der Waals surface area (Å²) in [7, 11) is 0. The van der Waals surface area contributed by atoms with Gasteiger partial charge in [0.25, 0.3) is 0 Å². The van der Waals surface area contributed by atoms with Gasteiger partial charge in [-0.25, -0.2) is 0 Å². The highest BCUT2D eigenvalue weighted by atomic mass is 16.5. The van der Waals surface area contributed by atoms with Crippen molar-refractivity contribution in [1.82, 2.24) is 5.32 Å². The minimum atomic E-state index is -0.524. The summed E-state index contributed by atoms with van der Waals surface area (Å²) in [5.74, 6) is 0.833. The first-order valence-corrected chi connectivity index (χ1v) is 8.59. The van der Waals surface area contributed by atoms with E-state index in [0.717, 1.165) is 17.9 Å². The summed E-state index contributed by atoms with van der Waals surface area (Å²) in [6, 6.07) is 12.1. The Kier molecular flexibility index (Phi) is 6.41. The van der Waals surface area contributed by atoms with Crippen molar-refractivity contribution < 1.29 is 9.84 Å². The molecule has 3 heteroatoms. The number of ether oxygens (including phenoxy) is 1. The van der Waals surface area contributed by atoms with Crippen LogP contribution in [0.25, 0.3) is 0 Å². The van der Waals surface area contributed by atoms with Crippen LogP contribution in [0.2, 0.25) is 0 Å². The Morgan fingerprint density at radius 2 is 1.58 bits per heavy atom. The van der Waals surface area contributed by atoms with Crippen LogP contribution in [0.5, 0.6) is 5.75 Å². The van der Waals surface area contributed by atoms with Gasteiger partial charge in [0.1, 0.15) is 5.75 Å². The van der Waals surface area contributed by atoms with Crippen LogP contribution >= 0.6 is 0 Å². The smallest absolute Gasteiger partial charge is 0.119 e. The van der Waals surface area contributed by atoms with Crippen LogP contribution in [0.3, 0.4) is 0 Å². The Hall–Kier alpha value is -1.84. The number of benzene rings is 2. The van der Waals surface area contributed by atoms with E-state index in [2.05, 4.69) is 38.2 Å². The van der Waals surface area contributed by atoms with Crippen molar-refractivity contribution in [1.29, 1.82) is 0 Å². The lowest BCUT2D eigenvalue weighted by Gasteiger charge is -2.16. The zero-order valence-corrected chi connectivity index (χ0v) is 15.4. The highest BCUT2D eigenvalue weighted by Crippen LogP contribution is 2.19. The van der Waals surface area contributed by atoms with Gasteiger partial charge in [-0.3, -0.25) is 0 Å². The van der Waals surface area contributed by atoms with Gasteiger partial charge in [0.15, 0.2) is 0 Å². The largest absolute Gasteiger partial charge is 0.491 e. The molecule has 1 atom stereocenters. The Labute approximate surface area is 145 Å². The van der Waals surface area contributed by atoms with Gasteiger partial charge in [0.05, 0.1) is 12.2 Å². The Balaban J connectivity index is 1.90. The van der Waals surface area contributed by atoms with Crippen molar-refractivity contribution in [3.63, 3.8) is 0 Å². The van der Waals surface area contributed by atoms with Crippen molar-refractivity contribution in [2.75, 3.05) is 6.54 Å². The molecule has 0 aromatic heterocycles. The van der Waals surface area contributed by atoms with Gasteiger partial charge < -0.3 is 15.2 Å². The van der Waals surface area contributed by atoms with E-state index in [4.69, 9.17) is 4.74 Å². The van der Waals surface area contributed by atoms with Crippen LogP contribution in [-0.2, 0) is 6.54 Å². The second kappa shape index (κ2) is 8.32. The predicted octanol–water partition coefficient (Wildman–Crippen LogP) is 4.22. The maximum absolute atomic E-state index is 10.4. The number of aryl methyl sites for hydroxylation is 3. The van der Waals surface area contributed by atoms with E-state index in [1.165, 1.54) is 22.3 Å². The summed E-state index contributed by atoms with van der Waals surface area (Å²) >= 11 is 0. The summed E-state index contributed by atoms with van der Waals surface area (Å²) in [4.78, 5) is 0. The van der Waals surface area contributed by atoms with Gasteiger partial charge in [-0.05, 0) is 69.0 Å². The summed E-state index contributed by atoms with van der Waals surface area (Å²) < 4.78 is 5.63. The lowest BCUT2D eigenvalue weighted by Crippen LogP contribution is -2.22. The van der Waals surface area contributed by atoms with E-state index >= 15 is 0 Å². The molecule has 2 rings (SSSR count). The first-order valence-electron chi connectivity index (χ1n) is 8.59. The molecule has 0 aliphatic rings. The molecule has 2 N–H and O–H groups in total. The third-order valence-electron chi connectivity index (χ3n) is 4.12. The van der Waals surface area contributed by atoms with Gasteiger partial charge in [-0.1, -0.05) is 29.8 Å². The first kappa shape index (κ1) is 18.5. The predicted molar refractivity (Wildman–Crippen MR) is 99.5 cm³/mol. The second-order valence-electron chi connectivity index (χ2n) is 6.76. The van der Waals surface area contributed by atoms with Crippen molar-refractivity contribution in [3.05, 3.63) is 64.2 Å². The number of aliphatic hydroxyl groups excluding tert-OH is 1. The van der Waals surface area contributed by atoms with Gasteiger partial charge >= 0.3 is 0 Å². The van der Waals surface area contributed by atoms with Crippen molar-refractivity contribution in [3.8, 4) is 5.75 Å². The Morgan fingerprint density at radius 1 is 1.00 bits per heavy atom. The number of hydrogen-bond acceptors (Lipinski definition) is 3. The number of rotatable bonds is 7. The van der Waals surface area contributed by atoms with Crippen LogP contribution < -0.4 is 10.1 Å². The molecule has 0 fully saturated rings. The van der Waals surface area contributed by atoms with Gasteiger partial charge in [0.2, 0.25) is 0 Å². The molecule has 0 bridgehead atoms. The minimum Gasteiger partial charge on any atom is -0.491 e. The second-order valence-corrected chi connectivity index (χ2v) is 6.76. The lowest BCUT2D eigenvalue weighted by molar-refractivity contribution is 0.174. The maximum atomic E-state index is 10.4. The fourth-order valence-corrected chi connectivity index (χ4v) is 2.98. The normalized spacial score (nSPS) is 12.5. The Morgan fingerprint density at radius 3 is 2.12 bits per heavy atom. The van der Waals surface area contributed by atoms with E-state index in [-0.39, 0.29) is 6.10 Å². The average Bonchev–Trinajstić information content (AvgIpc) is 2.49. The molecule has 0 spiro atoms. The average molecular weight is 327 g/mol. The molecular weight excluding hydrogens is 298 g/mol. The molecule has 0 saturated carbocycles. The van der Waals surface area contributed by atoms with E-state index in [9.17, 15) is 5.11 Å². The van der Waals surface area contributed by atoms with Crippen LogP contribution in [0.1, 0.15) is 47.8 Å². The number of hydrogen-bond donors (Lipinski definition) is 2. The fraction of sp³-hybridized carbons (Fsp3) is 0.429. The summed E-state index contributed by atoms with van der Waals surface area (Å²) in [6.07, 6.45) is -0.368. The summed E-state index contributed by atoms with van der Waals surface area (Å²) in [5.41, 5.74) is 6.09. The SMILES string of the molecule is Cc1cc(C)c(CNCC(O)c2ccc(OC(C)C)cc2)c(C)c1. The van der Waals surface area contributed by atoms with Crippen LogP contribution in [0.4, 0.5) is 0 Å². The molecule has 0 aliphatic carbocycles. The molecule has 1 unspecified atom stereocenters. The molecule has 0 aliphatic heterocycles. The van der Waals surface area contributed by atoms with Crippen LogP contribution in [-0.4, -0.2) is 17.8 Å². The summed E-state index contributed by atoms with van der Waals surface area (Å²) in [5, 5.41) is 13.7. The Bertz CT molecular complexity index is 639. The third kappa shape index (κ3) is 5.08. The lowest BCUT2D eigenvalue weighted by atomic mass is 10.00. The van der Waals surface area contributed by atoms with Crippen molar-refractivity contribution >= 4 is 0 Å². The van der Waals surface area contributed by atoms with E-state index in [1.54, 1.807) is 0 Å². The molecule has 3 nitrogen and oxygen atoms in total. The third-order valence-corrected chi connectivity index (χ3v) is 4.12. The van der Waals surface area contributed by atoms with E-state index < -0.39 is 6.10 Å². The minimum absolute atomic E-state index is 0.156. The molecule has 0 amide bonds. The molecular formula is C21H29NO2. The molecule has 2 aromatic rings. The zero-order chi connectivity index (χ0) is 17.7. The first-order chi connectivity index (χ1) is 11.4. The zero-order valence-electron chi connectivity index (χ0n) is 15.4. The maximum Gasteiger partial charge on any atom is 0.119 e. The van der Waals surface area contributed by atoms with E-state index in [1.807, 2.05) is 38.1 Å². The standard InChI is InChI=1S/C21H29NO2/c1-14(2)24-19-8-6-18(7-9-19)21(23)13-22-12-20-16(4)10-15(3)11-17(20)5/h6-11,14,21-23H,12-13H2,1-5H3. The molecule has 0 radical (unpaired) electrons. The number of nitrogens with one attached hydrogen (secondary N) is 1. The van der Waals surface area contributed by atoms with Gasteiger partial charge in [0, 0.05) is 13.1 Å². The number of aliphatic hydroxyl groups is 1. The van der Waals surface area contributed by atoms with Crippen LogP contribution in [0.15, 0.2) is 36.4 Å². The molecule has 0 heterocycles. The van der Waals surface area contributed by atoms with E-state index in [0.29, 0.717) is 6.54 Å². The fourth-order valence-electron chi connectivity index (χ4n) is 2.98. The van der Waals surface area contributed by atoms with Crippen LogP contribution in [0, 0.1) is 20.8 Å². The quantitative estimate of drug-likeness (QED) is 0.800. The molecule has 0 saturated heterocycles.